The highest BCUT2D eigenvalue weighted by molar-refractivity contribution is 9.10. The van der Waals surface area contributed by atoms with Crippen molar-refractivity contribution in [3.05, 3.63) is 28.2 Å². The van der Waals surface area contributed by atoms with E-state index in [0.717, 1.165) is 43.6 Å². The Morgan fingerprint density at radius 2 is 1.76 bits per heavy atom. The highest BCUT2D eigenvalue weighted by Crippen LogP contribution is 2.26. The minimum atomic E-state index is 0.0417. The number of amides is 1. The van der Waals surface area contributed by atoms with Gasteiger partial charge in [0, 0.05) is 50.0 Å². The number of piperazine rings is 1. The van der Waals surface area contributed by atoms with Gasteiger partial charge < -0.3 is 19.4 Å². The summed E-state index contributed by atoms with van der Waals surface area (Å²) in [6, 6.07) is 6.43. The van der Waals surface area contributed by atoms with Crippen molar-refractivity contribution in [2.75, 3.05) is 52.3 Å². The summed E-state index contributed by atoms with van der Waals surface area (Å²) in [4.78, 5) is 17.1. The Hall–Kier alpha value is -1.11. The van der Waals surface area contributed by atoms with E-state index in [0.29, 0.717) is 0 Å². The van der Waals surface area contributed by atoms with Gasteiger partial charge in [0.25, 0.3) is 0 Å². The van der Waals surface area contributed by atoms with E-state index in [9.17, 15) is 4.79 Å². The molecule has 0 N–H and O–H groups in total. The van der Waals surface area contributed by atoms with Crippen LogP contribution in [0.25, 0.3) is 0 Å². The quantitative estimate of drug-likeness (QED) is 0.709. The number of nitrogens with zero attached hydrogens (tertiary/aromatic N) is 3. The molecule has 142 valence electrons. The molecule has 6 heteroatoms. The summed E-state index contributed by atoms with van der Waals surface area (Å²) >= 11 is 3.54. The van der Waals surface area contributed by atoms with E-state index >= 15 is 0 Å². The topological polar surface area (TPSA) is 36.0 Å². The number of carbonyl (C=O) groups excluding carboxylic acids is 1. The zero-order valence-electron chi connectivity index (χ0n) is 16.4. The van der Waals surface area contributed by atoms with Crippen molar-refractivity contribution in [3.63, 3.8) is 0 Å². The van der Waals surface area contributed by atoms with Gasteiger partial charge in [-0.2, -0.15) is 0 Å². The molecule has 0 aromatic heterocycles. The highest BCUT2D eigenvalue weighted by Gasteiger charge is 2.18. The van der Waals surface area contributed by atoms with Gasteiger partial charge in [0.05, 0.1) is 5.60 Å². The Morgan fingerprint density at radius 3 is 2.20 bits per heavy atom. The Morgan fingerprint density at radius 1 is 1.20 bits per heavy atom. The van der Waals surface area contributed by atoms with Crippen molar-refractivity contribution in [3.8, 4) is 0 Å². The maximum absolute atomic E-state index is 10.8. The molecule has 1 fully saturated rings. The number of rotatable bonds is 4. The van der Waals surface area contributed by atoms with Gasteiger partial charge in [0.1, 0.15) is 0 Å². The van der Waals surface area contributed by atoms with E-state index < -0.39 is 0 Å². The van der Waals surface area contributed by atoms with Crippen LogP contribution in [0.4, 0.5) is 5.69 Å². The molecule has 1 heterocycles. The summed E-state index contributed by atoms with van der Waals surface area (Å²) in [5.41, 5.74) is 2.64. The first kappa shape index (κ1) is 21.9. The number of hydrogen-bond acceptors (Lipinski definition) is 4. The average molecular weight is 414 g/mol. The maximum Gasteiger partial charge on any atom is 0.209 e. The molecule has 5 nitrogen and oxygen atoms in total. The number of ether oxygens (including phenoxy) is 1. The second-order valence-electron chi connectivity index (χ2n) is 7.46. The molecule has 0 bridgehead atoms. The normalized spacial score (nSPS) is 15.0. The summed E-state index contributed by atoms with van der Waals surface area (Å²) in [6.07, 6.45) is 0.944. The van der Waals surface area contributed by atoms with Gasteiger partial charge in [0.2, 0.25) is 6.41 Å². The third-order valence-corrected chi connectivity index (χ3v) is 4.44. The van der Waals surface area contributed by atoms with Crippen LogP contribution in [0.5, 0.6) is 0 Å². The van der Waals surface area contributed by atoms with Crippen molar-refractivity contribution in [2.24, 2.45) is 0 Å². The number of anilines is 1. The van der Waals surface area contributed by atoms with Crippen LogP contribution in [0.2, 0.25) is 0 Å². The average Bonchev–Trinajstić information content (AvgIpc) is 2.54. The molecule has 0 atom stereocenters. The lowest BCUT2D eigenvalue weighted by Crippen LogP contribution is -2.46. The molecule has 2 rings (SSSR count). The van der Waals surface area contributed by atoms with E-state index in [1.54, 1.807) is 7.11 Å². The lowest BCUT2D eigenvalue weighted by Gasteiger charge is -2.35. The Kier molecular flexibility index (Phi) is 8.89. The first-order valence-corrected chi connectivity index (χ1v) is 9.38. The van der Waals surface area contributed by atoms with Crippen molar-refractivity contribution >= 4 is 28.0 Å². The van der Waals surface area contributed by atoms with Gasteiger partial charge in [-0.15, -0.1) is 0 Å². The molecular formula is C19H32BrN3O2. The summed E-state index contributed by atoms with van der Waals surface area (Å²) in [6.45, 7) is 10.4. The summed E-state index contributed by atoms with van der Waals surface area (Å²) < 4.78 is 6.05. The van der Waals surface area contributed by atoms with E-state index in [1.807, 2.05) is 25.7 Å². The minimum absolute atomic E-state index is 0.0417. The Bertz CT molecular complexity index is 536. The van der Waals surface area contributed by atoms with Crippen LogP contribution in [0.15, 0.2) is 22.7 Å². The molecule has 0 unspecified atom stereocenters. The first-order valence-electron chi connectivity index (χ1n) is 8.59. The van der Waals surface area contributed by atoms with Crippen LogP contribution < -0.4 is 4.90 Å². The first-order chi connectivity index (χ1) is 11.7. The molecule has 0 saturated carbocycles. The number of benzene rings is 1. The predicted octanol–water partition coefficient (Wildman–Crippen LogP) is 3.22. The summed E-state index contributed by atoms with van der Waals surface area (Å²) in [7, 11) is 5.87. The van der Waals surface area contributed by atoms with Gasteiger partial charge in [-0.1, -0.05) is 15.9 Å². The molecule has 1 aliphatic heterocycles. The molecule has 1 amide bonds. The van der Waals surface area contributed by atoms with E-state index in [2.05, 4.69) is 58.0 Å². The fraction of sp³-hybridized carbons (Fsp3) is 0.632. The van der Waals surface area contributed by atoms with Crippen molar-refractivity contribution in [1.82, 2.24) is 9.80 Å². The van der Waals surface area contributed by atoms with Crippen LogP contribution in [0.3, 0.4) is 0 Å². The largest absolute Gasteiger partial charge is 0.379 e. The van der Waals surface area contributed by atoms with Gasteiger partial charge >= 0.3 is 0 Å². The van der Waals surface area contributed by atoms with Crippen molar-refractivity contribution in [2.45, 2.75) is 32.9 Å². The number of methoxy groups -OCH3 is 1. The van der Waals surface area contributed by atoms with Gasteiger partial charge in [-0.25, -0.2) is 0 Å². The second kappa shape index (κ2) is 10.1. The number of carbonyl (C=O) groups is 1. The molecule has 1 aliphatic rings. The number of hydrogen-bond donors (Lipinski definition) is 0. The van der Waals surface area contributed by atoms with Crippen LogP contribution in [-0.2, 0) is 16.1 Å². The van der Waals surface area contributed by atoms with Gasteiger partial charge in [-0.3, -0.25) is 4.79 Å². The van der Waals surface area contributed by atoms with Crippen molar-refractivity contribution in [1.29, 1.82) is 0 Å². The van der Waals surface area contributed by atoms with Crippen LogP contribution in [0, 0.1) is 0 Å². The summed E-state index contributed by atoms with van der Waals surface area (Å²) in [5.74, 6) is 0. The van der Waals surface area contributed by atoms with Crippen LogP contribution in [-0.4, -0.2) is 69.2 Å². The molecule has 0 radical (unpaired) electrons. The van der Waals surface area contributed by atoms with Gasteiger partial charge in [0.15, 0.2) is 0 Å². The number of halogens is 1. The lowest BCUT2D eigenvalue weighted by molar-refractivity contribution is -0.118. The smallest absolute Gasteiger partial charge is 0.209 e. The van der Waals surface area contributed by atoms with Crippen LogP contribution >= 0.6 is 15.9 Å². The molecule has 1 saturated heterocycles. The van der Waals surface area contributed by atoms with E-state index in [4.69, 9.17) is 4.74 Å². The van der Waals surface area contributed by atoms with Gasteiger partial charge in [-0.05, 0) is 58.6 Å². The monoisotopic (exact) mass is 413 g/mol. The van der Waals surface area contributed by atoms with Crippen LogP contribution in [0.1, 0.15) is 26.3 Å². The molecule has 1 aromatic rings. The standard InChI is InChI=1S/C14H20BrN3O.C5H12O/c1-16(2)10-12-9-13(15)3-4-14(12)18-7-5-17(11-19)6-8-18;1-5(2,3)6-4/h3-4,9,11H,5-8,10H2,1-2H3;1-4H3. The second-order valence-corrected chi connectivity index (χ2v) is 8.37. The third kappa shape index (κ3) is 8.21. The van der Waals surface area contributed by atoms with Crippen molar-refractivity contribution < 1.29 is 9.53 Å². The lowest BCUT2D eigenvalue weighted by atomic mass is 10.1. The SMILES string of the molecule is CN(C)Cc1cc(Br)ccc1N1CCN(C=O)CC1.COC(C)(C)C. The predicted molar refractivity (Wildman–Crippen MR) is 108 cm³/mol. The fourth-order valence-electron chi connectivity index (χ4n) is 2.40. The maximum atomic E-state index is 10.8. The zero-order valence-corrected chi connectivity index (χ0v) is 18.0. The molecule has 1 aromatic carbocycles. The highest BCUT2D eigenvalue weighted by atomic mass is 79.9. The van der Waals surface area contributed by atoms with E-state index in [1.165, 1.54) is 11.3 Å². The van der Waals surface area contributed by atoms with E-state index in [-0.39, 0.29) is 5.60 Å². The molecule has 0 spiro atoms. The third-order valence-electron chi connectivity index (χ3n) is 3.94. The molecule has 25 heavy (non-hydrogen) atoms. The fourth-order valence-corrected chi connectivity index (χ4v) is 2.81. The molecule has 0 aliphatic carbocycles. The molecular weight excluding hydrogens is 382 g/mol. The summed E-state index contributed by atoms with van der Waals surface area (Å²) in [5, 5.41) is 0. The minimum Gasteiger partial charge on any atom is -0.379 e. The zero-order chi connectivity index (χ0) is 19.0. The Balaban J connectivity index is 0.000000450. The Labute approximate surface area is 161 Å².